The molecule has 0 bridgehead atoms. The molecule has 0 aromatic rings. The summed E-state index contributed by atoms with van der Waals surface area (Å²) in [6.07, 6.45) is 4.56. The summed E-state index contributed by atoms with van der Waals surface area (Å²) >= 11 is 2.00. The fraction of sp³-hybridized carbons (Fsp3) is 1.00. The van der Waals surface area contributed by atoms with Crippen molar-refractivity contribution < 1.29 is 13.2 Å². The van der Waals surface area contributed by atoms with Crippen LogP contribution in [0.2, 0.25) is 0 Å². The largest absolute Gasteiger partial charge is 0.404 e. The molecule has 0 spiro atoms. The Hall–Kier alpha value is 0.100. The highest BCUT2D eigenvalue weighted by Gasteiger charge is 2.53. The van der Waals surface area contributed by atoms with Crippen molar-refractivity contribution in [1.82, 2.24) is 0 Å². The molecule has 122 valence electrons. The minimum atomic E-state index is -4.25. The van der Waals surface area contributed by atoms with E-state index in [0.717, 1.165) is 31.6 Å². The van der Waals surface area contributed by atoms with Gasteiger partial charge in [0, 0.05) is 5.25 Å². The molecule has 21 heavy (non-hydrogen) atoms. The maximum atomic E-state index is 13.2. The van der Waals surface area contributed by atoms with Crippen molar-refractivity contribution in [3.63, 3.8) is 0 Å². The first-order chi connectivity index (χ1) is 9.89. The topological polar surface area (TPSA) is 26.0 Å². The second-order valence-electron chi connectivity index (χ2n) is 7.51. The third kappa shape index (κ3) is 4.10. The van der Waals surface area contributed by atoms with Gasteiger partial charge < -0.3 is 5.73 Å². The molecule has 0 amide bonds. The van der Waals surface area contributed by atoms with Crippen LogP contribution in [-0.4, -0.2) is 23.2 Å². The van der Waals surface area contributed by atoms with Gasteiger partial charge in [-0.2, -0.15) is 24.9 Å². The van der Waals surface area contributed by atoms with Gasteiger partial charge in [0.05, 0.1) is 0 Å². The summed E-state index contributed by atoms with van der Waals surface area (Å²) in [7, 11) is 0. The Morgan fingerprint density at radius 3 is 2.05 bits per heavy atom. The van der Waals surface area contributed by atoms with Crippen LogP contribution in [-0.2, 0) is 0 Å². The highest BCUT2D eigenvalue weighted by atomic mass is 32.2. The van der Waals surface area contributed by atoms with E-state index in [1.807, 2.05) is 11.8 Å². The Kier molecular flexibility index (Phi) is 4.53. The number of rotatable bonds is 6. The minimum Gasteiger partial charge on any atom is -0.320 e. The van der Waals surface area contributed by atoms with E-state index in [1.165, 1.54) is 18.6 Å². The van der Waals surface area contributed by atoms with Gasteiger partial charge in [-0.1, -0.05) is 12.8 Å². The van der Waals surface area contributed by atoms with Crippen molar-refractivity contribution in [2.24, 2.45) is 23.0 Å². The standard InChI is InChI=1S/C16H26F3NS/c17-16(18,19)14(20)15(9-11-1-2-11)7-5-13(6-8-15)21-10-12-3-4-12/h11-14H,1-10,20H2/t13-,14?,15+. The van der Waals surface area contributed by atoms with Gasteiger partial charge in [-0.25, -0.2) is 0 Å². The maximum Gasteiger partial charge on any atom is 0.404 e. The van der Waals surface area contributed by atoms with Crippen molar-refractivity contribution in [2.45, 2.75) is 75.3 Å². The second-order valence-corrected chi connectivity index (χ2v) is 8.84. The van der Waals surface area contributed by atoms with Crippen molar-refractivity contribution in [3.05, 3.63) is 0 Å². The molecule has 1 nitrogen and oxygen atoms in total. The molecular weight excluding hydrogens is 295 g/mol. The van der Waals surface area contributed by atoms with Gasteiger partial charge in [-0.05, 0) is 67.9 Å². The Morgan fingerprint density at radius 1 is 1.00 bits per heavy atom. The molecule has 1 atom stereocenters. The Balaban J connectivity index is 1.58. The van der Waals surface area contributed by atoms with Crippen LogP contribution in [0.4, 0.5) is 13.2 Å². The number of thioether (sulfide) groups is 1. The van der Waals surface area contributed by atoms with Crippen LogP contribution in [0.1, 0.15) is 57.8 Å². The fourth-order valence-electron chi connectivity index (χ4n) is 3.78. The second kappa shape index (κ2) is 5.95. The van der Waals surface area contributed by atoms with E-state index in [4.69, 9.17) is 5.73 Å². The van der Waals surface area contributed by atoms with Crippen molar-refractivity contribution in [3.8, 4) is 0 Å². The molecular formula is C16H26F3NS. The number of halogens is 3. The lowest BCUT2D eigenvalue weighted by Gasteiger charge is -2.45. The summed E-state index contributed by atoms with van der Waals surface area (Å²) in [5.74, 6) is 2.62. The van der Waals surface area contributed by atoms with Crippen LogP contribution in [0, 0.1) is 17.3 Å². The van der Waals surface area contributed by atoms with Crippen molar-refractivity contribution >= 4 is 11.8 Å². The predicted octanol–water partition coefficient (Wildman–Crippen LogP) is 4.75. The van der Waals surface area contributed by atoms with Crippen LogP contribution in [0.25, 0.3) is 0 Å². The molecule has 0 heterocycles. The summed E-state index contributed by atoms with van der Waals surface area (Å²) in [6.45, 7) is 0. The molecule has 3 fully saturated rings. The Morgan fingerprint density at radius 2 is 1.57 bits per heavy atom. The Labute approximate surface area is 129 Å². The minimum absolute atomic E-state index is 0.508. The molecule has 5 heteroatoms. The lowest BCUT2D eigenvalue weighted by Crippen LogP contribution is -2.53. The average Bonchev–Trinajstić information content (AvgIpc) is 3.31. The smallest absolute Gasteiger partial charge is 0.320 e. The van der Waals surface area contributed by atoms with E-state index in [-0.39, 0.29) is 0 Å². The molecule has 0 aromatic carbocycles. The average molecular weight is 321 g/mol. The molecule has 0 aliphatic heterocycles. The number of hydrogen-bond acceptors (Lipinski definition) is 2. The maximum absolute atomic E-state index is 13.2. The molecule has 0 aromatic heterocycles. The van der Waals surface area contributed by atoms with Crippen LogP contribution in [0.3, 0.4) is 0 Å². The number of nitrogens with two attached hydrogens (primary N) is 1. The first-order valence-corrected chi connectivity index (χ1v) is 9.38. The summed E-state index contributed by atoms with van der Waals surface area (Å²) in [5.41, 5.74) is 5.01. The van der Waals surface area contributed by atoms with Gasteiger partial charge in [-0.15, -0.1) is 0 Å². The zero-order valence-electron chi connectivity index (χ0n) is 12.5. The van der Waals surface area contributed by atoms with Gasteiger partial charge in [0.2, 0.25) is 0 Å². The van der Waals surface area contributed by atoms with E-state index >= 15 is 0 Å². The SMILES string of the molecule is NC(C(F)(F)F)[C@]1(CC2CC2)CC[C@H](SCC2CC2)CC1. The van der Waals surface area contributed by atoms with Crippen molar-refractivity contribution in [2.75, 3.05) is 5.75 Å². The summed E-state index contributed by atoms with van der Waals surface area (Å²) in [6, 6.07) is -1.63. The highest BCUT2D eigenvalue weighted by molar-refractivity contribution is 7.99. The molecule has 0 radical (unpaired) electrons. The van der Waals surface area contributed by atoms with Crippen molar-refractivity contribution in [1.29, 1.82) is 0 Å². The molecule has 1 unspecified atom stereocenters. The predicted molar refractivity (Wildman–Crippen MR) is 81.2 cm³/mol. The lowest BCUT2D eigenvalue weighted by atomic mass is 9.66. The molecule has 3 saturated carbocycles. The molecule has 0 saturated heterocycles. The third-order valence-corrected chi connectivity index (χ3v) is 7.20. The van der Waals surface area contributed by atoms with E-state index in [9.17, 15) is 13.2 Å². The van der Waals surface area contributed by atoms with Crippen LogP contribution in [0.5, 0.6) is 0 Å². The highest BCUT2D eigenvalue weighted by Crippen LogP contribution is 2.53. The van der Waals surface area contributed by atoms with E-state index < -0.39 is 17.6 Å². The van der Waals surface area contributed by atoms with Gasteiger partial charge in [0.15, 0.2) is 0 Å². The fourth-order valence-corrected chi connectivity index (χ4v) is 5.22. The summed E-state index contributed by atoms with van der Waals surface area (Å²) < 4.78 is 39.5. The molecule has 3 aliphatic rings. The quantitative estimate of drug-likeness (QED) is 0.764. The number of alkyl halides is 3. The van der Waals surface area contributed by atoms with Gasteiger partial charge >= 0.3 is 6.18 Å². The van der Waals surface area contributed by atoms with Crippen LogP contribution >= 0.6 is 11.8 Å². The summed E-state index contributed by atoms with van der Waals surface area (Å²) in [4.78, 5) is 0. The zero-order chi connectivity index (χ0) is 15.1. The molecule has 3 aliphatic carbocycles. The normalized spacial score (nSPS) is 35.7. The monoisotopic (exact) mass is 321 g/mol. The summed E-state index contributed by atoms with van der Waals surface area (Å²) in [5, 5.41) is 0.568. The molecule has 3 rings (SSSR count). The molecule has 2 N–H and O–H groups in total. The van der Waals surface area contributed by atoms with E-state index in [2.05, 4.69) is 0 Å². The van der Waals surface area contributed by atoms with Gasteiger partial charge in [0.25, 0.3) is 0 Å². The van der Waals surface area contributed by atoms with Crippen LogP contribution in [0.15, 0.2) is 0 Å². The van der Waals surface area contributed by atoms with E-state index in [1.54, 1.807) is 0 Å². The first-order valence-electron chi connectivity index (χ1n) is 8.33. The van der Waals surface area contributed by atoms with Gasteiger partial charge in [-0.3, -0.25) is 0 Å². The Bertz CT molecular complexity index is 355. The third-order valence-electron chi connectivity index (χ3n) is 5.60. The lowest BCUT2D eigenvalue weighted by molar-refractivity contribution is -0.181. The van der Waals surface area contributed by atoms with Crippen LogP contribution < -0.4 is 5.73 Å². The van der Waals surface area contributed by atoms with Gasteiger partial charge in [0.1, 0.15) is 6.04 Å². The number of hydrogen-bond donors (Lipinski definition) is 1. The zero-order valence-corrected chi connectivity index (χ0v) is 13.3. The van der Waals surface area contributed by atoms with E-state index in [0.29, 0.717) is 30.4 Å². The first kappa shape index (κ1) is 16.0.